The van der Waals surface area contributed by atoms with Crippen molar-refractivity contribution in [2.24, 2.45) is 0 Å². The van der Waals surface area contributed by atoms with E-state index < -0.39 is 6.61 Å². The molecule has 0 aliphatic carbocycles. The van der Waals surface area contributed by atoms with E-state index in [1.165, 1.54) is 12.1 Å². The maximum absolute atomic E-state index is 12.1. The topological polar surface area (TPSA) is 73.9 Å². The molecule has 0 bridgehead atoms. The summed E-state index contributed by atoms with van der Waals surface area (Å²) in [5, 5.41) is 3.89. The monoisotopic (exact) mass is 318 g/mol. The van der Waals surface area contributed by atoms with E-state index in [9.17, 15) is 8.78 Å². The molecule has 0 fully saturated rings. The van der Waals surface area contributed by atoms with E-state index in [0.717, 1.165) is 5.56 Å². The van der Waals surface area contributed by atoms with Crippen LogP contribution in [0.1, 0.15) is 11.4 Å². The summed E-state index contributed by atoms with van der Waals surface area (Å²) in [6.07, 6.45) is 5.84. The average Bonchev–Trinajstić information content (AvgIpc) is 3.04. The van der Waals surface area contributed by atoms with Gasteiger partial charge in [-0.05, 0) is 24.1 Å². The summed E-state index contributed by atoms with van der Waals surface area (Å²) in [4.78, 5) is 12.3. The minimum Gasteiger partial charge on any atom is -0.435 e. The van der Waals surface area contributed by atoms with Crippen molar-refractivity contribution in [1.29, 1.82) is 0 Å². The first-order chi connectivity index (χ1) is 11.2. The molecule has 0 saturated heterocycles. The van der Waals surface area contributed by atoms with E-state index in [1.54, 1.807) is 30.7 Å². The predicted octanol–water partition coefficient (Wildman–Crippen LogP) is 2.91. The molecule has 6 nitrogen and oxygen atoms in total. The Balaban J connectivity index is 1.59. The zero-order valence-electron chi connectivity index (χ0n) is 11.9. The van der Waals surface area contributed by atoms with Crippen molar-refractivity contribution in [3.63, 3.8) is 0 Å². The Morgan fingerprint density at radius 2 is 1.91 bits per heavy atom. The fraction of sp³-hybridized carbons (Fsp3) is 0.200. The van der Waals surface area contributed by atoms with Gasteiger partial charge in [0.1, 0.15) is 11.4 Å². The molecule has 0 saturated carbocycles. The zero-order valence-corrected chi connectivity index (χ0v) is 11.9. The molecule has 0 unspecified atom stereocenters. The highest BCUT2D eigenvalue weighted by molar-refractivity contribution is 5.43. The molecule has 0 spiro atoms. The van der Waals surface area contributed by atoms with Crippen LogP contribution in [-0.4, -0.2) is 26.7 Å². The van der Waals surface area contributed by atoms with Crippen LogP contribution >= 0.6 is 0 Å². The van der Waals surface area contributed by atoms with Crippen LogP contribution in [0.3, 0.4) is 0 Å². The Labute approximate surface area is 130 Å². The first-order valence-electron chi connectivity index (χ1n) is 6.83. The third kappa shape index (κ3) is 4.06. The summed E-state index contributed by atoms with van der Waals surface area (Å²) < 4.78 is 33.6. The lowest BCUT2D eigenvalue weighted by Gasteiger charge is -2.05. The molecule has 0 aliphatic rings. The lowest BCUT2D eigenvalue weighted by molar-refractivity contribution is -0.0498. The molecule has 1 aromatic carbocycles. The molecule has 3 rings (SSSR count). The highest BCUT2D eigenvalue weighted by atomic mass is 19.3. The molecule has 0 atom stereocenters. The Bertz CT molecular complexity index is 748. The number of ether oxygens (including phenoxy) is 1. The zero-order chi connectivity index (χ0) is 16.1. The lowest BCUT2D eigenvalue weighted by Crippen LogP contribution is -2.01. The number of alkyl halides is 2. The van der Waals surface area contributed by atoms with Crippen molar-refractivity contribution in [2.45, 2.75) is 19.5 Å². The maximum Gasteiger partial charge on any atom is 0.387 e. The Morgan fingerprint density at radius 3 is 2.61 bits per heavy atom. The maximum atomic E-state index is 12.1. The smallest absolute Gasteiger partial charge is 0.387 e. The number of benzene rings is 1. The second-order valence-electron chi connectivity index (χ2n) is 4.63. The minimum atomic E-state index is -2.82. The van der Waals surface area contributed by atoms with Crippen LogP contribution in [0.25, 0.3) is 11.6 Å². The second kappa shape index (κ2) is 6.91. The van der Waals surface area contributed by atoms with Crippen LogP contribution in [0.4, 0.5) is 8.78 Å². The molecular formula is C15H12F2N4O2. The fourth-order valence-electron chi connectivity index (χ4n) is 1.96. The van der Waals surface area contributed by atoms with Gasteiger partial charge in [0.2, 0.25) is 0 Å². The van der Waals surface area contributed by atoms with Gasteiger partial charge in [0.25, 0.3) is 5.89 Å². The van der Waals surface area contributed by atoms with Crippen LogP contribution in [0.15, 0.2) is 47.4 Å². The van der Waals surface area contributed by atoms with E-state index in [0.29, 0.717) is 30.3 Å². The summed E-state index contributed by atoms with van der Waals surface area (Å²) in [5.41, 5.74) is 1.47. The normalized spacial score (nSPS) is 10.9. The first kappa shape index (κ1) is 15.0. The van der Waals surface area contributed by atoms with E-state index in [1.807, 2.05) is 0 Å². The molecule has 0 radical (unpaired) electrons. The van der Waals surface area contributed by atoms with E-state index >= 15 is 0 Å². The molecule has 8 heteroatoms. The van der Waals surface area contributed by atoms with Crippen LogP contribution in [0.5, 0.6) is 5.75 Å². The second-order valence-corrected chi connectivity index (χ2v) is 4.63. The number of nitrogens with zero attached hydrogens (tertiary/aromatic N) is 4. The average molecular weight is 318 g/mol. The van der Waals surface area contributed by atoms with Gasteiger partial charge in [0.15, 0.2) is 5.82 Å². The number of hydrogen-bond acceptors (Lipinski definition) is 6. The number of halogens is 2. The summed E-state index contributed by atoms with van der Waals surface area (Å²) >= 11 is 0. The lowest BCUT2D eigenvalue weighted by atomic mass is 10.1. The van der Waals surface area contributed by atoms with Gasteiger partial charge in [-0.2, -0.15) is 13.8 Å². The number of hydrogen-bond donors (Lipinski definition) is 0. The summed E-state index contributed by atoms with van der Waals surface area (Å²) in [6, 6.07) is 6.45. The fourth-order valence-corrected chi connectivity index (χ4v) is 1.96. The summed E-state index contributed by atoms with van der Waals surface area (Å²) in [5.74, 6) is 0.987. The molecular weight excluding hydrogens is 306 g/mol. The Morgan fingerprint density at radius 1 is 1.09 bits per heavy atom. The molecule has 0 N–H and O–H groups in total. The van der Waals surface area contributed by atoms with Crippen LogP contribution in [0, 0.1) is 0 Å². The Kier molecular flexibility index (Phi) is 4.51. The third-order valence-electron chi connectivity index (χ3n) is 3.04. The van der Waals surface area contributed by atoms with Crippen molar-refractivity contribution in [3.8, 4) is 17.3 Å². The number of aryl methyl sites for hydroxylation is 2. The quantitative estimate of drug-likeness (QED) is 0.696. The summed E-state index contributed by atoms with van der Waals surface area (Å²) in [6.45, 7) is -2.82. The van der Waals surface area contributed by atoms with Gasteiger partial charge in [0, 0.05) is 18.8 Å². The summed E-state index contributed by atoms with van der Waals surface area (Å²) in [7, 11) is 0. The molecule has 0 aliphatic heterocycles. The van der Waals surface area contributed by atoms with Crippen molar-refractivity contribution < 1.29 is 18.0 Å². The SMILES string of the molecule is FC(F)Oc1ccc(CCc2noc(-c3cnccn3)n2)cc1. The molecule has 3 aromatic rings. The van der Waals surface area contributed by atoms with Crippen molar-refractivity contribution in [2.75, 3.05) is 0 Å². The first-order valence-corrected chi connectivity index (χ1v) is 6.83. The van der Waals surface area contributed by atoms with Crippen molar-refractivity contribution in [1.82, 2.24) is 20.1 Å². The van der Waals surface area contributed by atoms with E-state index in [2.05, 4.69) is 24.8 Å². The molecule has 0 amide bonds. The van der Waals surface area contributed by atoms with Gasteiger partial charge in [0.05, 0.1) is 6.20 Å². The van der Waals surface area contributed by atoms with Crippen molar-refractivity contribution >= 4 is 0 Å². The van der Waals surface area contributed by atoms with Gasteiger partial charge in [-0.25, -0.2) is 4.98 Å². The standard InChI is InChI=1S/C15H12F2N4O2/c16-15(17)22-11-4-1-10(2-5-11)3-6-13-20-14(23-21-13)12-9-18-7-8-19-12/h1-2,4-5,7-9,15H,3,6H2. The van der Waals surface area contributed by atoms with E-state index in [4.69, 9.17) is 4.52 Å². The largest absolute Gasteiger partial charge is 0.435 e. The van der Waals surface area contributed by atoms with Gasteiger partial charge in [-0.1, -0.05) is 17.3 Å². The van der Waals surface area contributed by atoms with Crippen molar-refractivity contribution in [3.05, 3.63) is 54.2 Å². The number of rotatable bonds is 6. The molecule has 2 aromatic heterocycles. The van der Waals surface area contributed by atoms with Gasteiger partial charge < -0.3 is 9.26 Å². The minimum absolute atomic E-state index is 0.133. The van der Waals surface area contributed by atoms with Crippen LogP contribution in [-0.2, 0) is 12.8 Å². The number of aromatic nitrogens is 4. The van der Waals surface area contributed by atoms with E-state index in [-0.39, 0.29) is 5.75 Å². The van der Waals surface area contributed by atoms with Crippen LogP contribution in [0.2, 0.25) is 0 Å². The van der Waals surface area contributed by atoms with Gasteiger partial charge >= 0.3 is 6.61 Å². The predicted molar refractivity (Wildman–Crippen MR) is 75.8 cm³/mol. The molecule has 118 valence electrons. The molecule has 2 heterocycles. The highest BCUT2D eigenvalue weighted by Gasteiger charge is 2.10. The molecule has 23 heavy (non-hydrogen) atoms. The van der Waals surface area contributed by atoms with Gasteiger partial charge in [-0.3, -0.25) is 4.98 Å². The third-order valence-corrected chi connectivity index (χ3v) is 3.04. The van der Waals surface area contributed by atoms with Crippen LogP contribution < -0.4 is 4.74 Å². The highest BCUT2D eigenvalue weighted by Crippen LogP contribution is 2.17. The Hall–Kier alpha value is -2.90. The van der Waals surface area contributed by atoms with Gasteiger partial charge in [-0.15, -0.1) is 0 Å².